The Labute approximate surface area is 152 Å². The Bertz CT molecular complexity index is 812. The monoisotopic (exact) mass is 384 g/mol. The highest BCUT2D eigenvalue weighted by molar-refractivity contribution is 7.22. The van der Waals surface area contributed by atoms with E-state index >= 15 is 0 Å². The summed E-state index contributed by atoms with van der Waals surface area (Å²) in [4.78, 5) is 20.6. The van der Waals surface area contributed by atoms with E-state index in [1.54, 1.807) is 4.90 Å². The average molecular weight is 384 g/mol. The number of aromatic nitrogens is 1. The van der Waals surface area contributed by atoms with Gasteiger partial charge in [0.05, 0.1) is 10.2 Å². The van der Waals surface area contributed by atoms with Crippen molar-refractivity contribution >= 4 is 32.7 Å². The molecule has 1 fully saturated rings. The maximum Gasteiger partial charge on any atom is 0.586 e. The SMILES string of the molecule is CN(C)CC1CCN(C(=O)Nc2nc3cc4c(cc3s2)OC(F)(F)O4)C1. The molecule has 0 saturated carbocycles. The van der Waals surface area contributed by atoms with Crippen LogP contribution in [0.1, 0.15) is 6.42 Å². The molecule has 7 nitrogen and oxygen atoms in total. The van der Waals surface area contributed by atoms with Gasteiger partial charge in [-0.25, -0.2) is 9.78 Å². The van der Waals surface area contributed by atoms with Gasteiger partial charge in [-0.1, -0.05) is 11.3 Å². The highest BCUT2D eigenvalue weighted by Gasteiger charge is 2.43. The Morgan fingerprint density at radius 3 is 2.88 bits per heavy atom. The molecule has 2 aliphatic heterocycles. The molecular formula is C16H18F2N4O3S. The average Bonchev–Trinajstić information content (AvgIpc) is 3.19. The van der Waals surface area contributed by atoms with Gasteiger partial charge in [0.2, 0.25) is 0 Å². The van der Waals surface area contributed by atoms with E-state index in [1.165, 1.54) is 23.5 Å². The summed E-state index contributed by atoms with van der Waals surface area (Å²) < 4.78 is 35.7. The first-order valence-corrected chi connectivity index (χ1v) is 9.02. The van der Waals surface area contributed by atoms with Crippen LogP contribution < -0.4 is 14.8 Å². The summed E-state index contributed by atoms with van der Waals surface area (Å²) in [6, 6.07) is 2.64. The molecule has 3 heterocycles. The molecule has 2 amide bonds. The second kappa shape index (κ2) is 6.20. The van der Waals surface area contributed by atoms with Crippen LogP contribution in [0, 0.1) is 5.92 Å². The van der Waals surface area contributed by atoms with Crippen LogP contribution in [-0.2, 0) is 0 Å². The van der Waals surface area contributed by atoms with Gasteiger partial charge in [-0.05, 0) is 26.4 Å². The molecule has 1 N–H and O–H groups in total. The summed E-state index contributed by atoms with van der Waals surface area (Å²) in [5.74, 6) is 0.372. The van der Waals surface area contributed by atoms with E-state index in [9.17, 15) is 13.6 Å². The molecule has 0 radical (unpaired) electrons. The number of nitrogens with one attached hydrogen (secondary N) is 1. The Morgan fingerprint density at radius 2 is 2.15 bits per heavy atom. The topological polar surface area (TPSA) is 66.9 Å². The zero-order chi connectivity index (χ0) is 18.5. The molecule has 4 rings (SSSR count). The van der Waals surface area contributed by atoms with E-state index in [0.29, 0.717) is 34.4 Å². The standard InChI is InChI=1S/C16H18F2N4O3S/c1-21(2)7-9-3-4-22(8-9)15(23)20-14-19-10-5-11-12(6-13(10)26-14)25-16(17,18)24-11/h5-6,9H,3-4,7-8H2,1-2H3,(H,19,20,23). The number of benzene rings is 1. The van der Waals surface area contributed by atoms with Crippen molar-refractivity contribution in [3.8, 4) is 11.5 Å². The predicted octanol–water partition coefficient (Wildman–Crippen LogP) is 3.03. The Balaban J connectivity index is 1.44. The molecule has 26 heavy (non-hydrogen) atoms. The maximum absolute atomic E-state index is 13.1. The van der Waals surface area contributed by atoms with Gasteiger partial charge in [0, 0.05) is 31.8 Å². The van der Waals surface area contributed by atoms with Crippen molar-refractivity contribution in [2.45, 2.75) is 12.7 Å². The van der Waals surface area contributed by atoms with E-state index < -0.39 is 6.29 Å². The largest absolute Gasteiger partial charge is 0.586 e. The summed E-state index contributed by atoms with van der Waals surface area (Å²) in [6.07, 6.45) is -2.68. The van der Waals surface area contributed by atoms with Gasteiger partial charge in [-0.15, -0.1) is 8.78 Å². The number of likely N-dealkylation sites (tertiary alicyclic amines) is 1. The molecule has 1 unspecified atom stereocenters. The highest BCUT2D eigenvalue weighted by atomic mass is 32.1. The number of ether oxygens (including phenoxy) is 2. The lowest BCUT2D eigenvalue weighted by molar-refractivity contribution is -0.286. The van der Waals surface area contributed by atoms with Crippen molar-refractivity contribution in [1.82, 2.24) is 14.8 Å². The molecule has 10 heteroatoms. The van der Waals surface area contributed by atoms with Crippen LogP contribution in [0.4, 0.5) is 18.7 Å². The number of halogens is 2. The zero-order valence-electron chi connectivity index (χ0n) is 14.3. The van der Waals surface area contributed by atoms with E-state index in [1.807, 2.05) is 14.1 Å². The quantitative estimate of drug-likeness (QED) is 0.881. The van der Waals surface area contributed by atoms with E-state index in [4.69, 9.17) is 0 Å². The molecule has 0 spiro atoms. The van der Waals surface area contributed by atoms with Crippen molar-refractivity contribution in [3.63, 3.8) is 0 Å². The molecule has 0 aliphatic carbocycles. The first-order valence-electron chi connectivity index (χ1n) is 8.20. The third kappa shape index (κ3) is 3.38. The Morgan fingerprint density at radius 1 is 1.42 bits per heavy atom. The van der Waals surface area contributed by atoms with Crippen LogP contribution >= 0.6 is 11.3 Å². The van der Waals surface area contributed by atoms with Crippen LogP contribution in [0.2, 0.25) is 0 Å². The number of amides is 2. The van der Waals surface area contributed by atoms with Gasteiger partial charge in [0.1, 0.15) is 0 Å². The summed E-state index contributed by atoms with van der Waals surface area (Å²) in [5.41, 5.74) is 0.470. The van der Waals surface area contributed by atoms with Crippen LogP contribution in [0.15, 0.2) is 12.1 Å². The predicted molar refractivity (Wildman–Crippen MR) is 93.1 cm³/mol. The molecule has 1 atom stereocenters. The minimum absolute atomic E-state index is 0.0323. The number of fused-ring (bicyclic) bond motifs is 2. The molecule has 140 valence electrons. The van der Waals surface area contributed by atoms with E-state index in [0.717, 1.165) is 13.0 Å². The fourth-order valence-electron chi connectivity index (χ4n) is 3.28. The van der Waals surface area contributed by atoms with Crippen LogP contribution in [0.25, 0.3) is 10.2 Å². The lowest BCUT2D eigenvalue weighted by Crippen LogP contribution is -2.34. The van der Waals surface area contributed by atoms with Crippen molar-refractivity contribution in [3.05, 3.63) is 12.1 Å². The maximum atomic E-state index is 13.1. The molecule has 1 aromatic heterocycles. The summed E-state index contributed by atoms with van der Waals surface area (Å²) >= 11 is 1.20. The Kier molecular flexibility index (Phi) is 4.11. The number of rotatable bonds is 3. The second-order valence-corrected chi connectivity index (χ2v) is 7.78. The zero-order valence-corrected chi connectivity index (χ0v) is 15.1. The van der Waals surface area contributed by atoms with Crippen molar-refractivity contribution in [2.24, 2.45) is 5.92 Å². The molecule has 2 aliphatic rings. The number of hydrogen-bond acceptors (Lipinski definition) is 6. The molecule has 1 aromatic carbocycles. The van der Waals surface area contributed by atoms with Crippen molar-refractivity contribution in [1.29, 1.82) is 0 Å². The fraction of sp³-hybridized carbons (Fsp3) is 0.500. The number of urea groups is 1. The number of carbonyl (C=O) groups excluding carboxylic acids is 1. The first kappa shape index (κ1) is 17.2. The van der Waals surface area contributed by atoms with Gasteiger partial charge in [-0.3, -0.25) is 5.32 Å². The van der Waals surface area contributed by atoms with Gasteiger partial charge in [0.15, 0.2) is 16.6 Å². The van der Waals surface area contributed by atoms with Gasteiger partial charge >= 0.3 is 12.3 Å². The first-order chi connectivity index (χ1) is 12.3. The number of anilines is 1. The number of thiazole rings is 1. The van der Waals surface area contributed by atoms with E-state index in [-0.39, 0.29) is 17.5 Å². The number of hydrogen-bond donors (Lipinski definition) is 1. The van der Waals surface area contributed by atoms with Crippen molar-refractivity contribution < 1.29 is 23.0 Å². The third-order valence-corrected chi connectivity index (χ3v) is 5.26. The fourth-order valence-corrected chi connectivity index (χ4v) is 4.14. The molecular weight excluding hydrogens is 366 g/mol. The summed E-state index contributed by atoms with van der Waals surface area (Å²) in [6.45, 7) is 2.36. The second-order valence-electron chi connectivity index (χ2n) is 6.75. The lowest BCUT2D eigenvalue weighted by atomic mass is 10.1. The lowest BCUT2D eigenvalue weighted by Gasteiger charge is -2.18. The van der Waals surface area contributed by atoms with Crippen molar-refractivity contribution in [2.75, 3.05) is 39.0 Å². The number of alkyl halides is 2. The third-order valence-electron chi connectivity index (χ3n) is 4.32. The van der Waals surface area contributed by atoms with E-state index in [2.05, 4.69) is 24.7 Å². The van der Waals surface area contributed by atoms with Gasteiger partial charge in [0.25, 0.3) is 0 Å². The summed E-state index contributed by atoms with van der Waals surface area (Å²) in [5, 5.41) is 3.20. The normalized spacial score (nSPS) is 21.0. The van der Waals surface area contributed by atoms with Crippen LogP contribution in [0.3, 0.4) is 0 Å². The number of carbonyl (C=O) groups is 1. The molecule has 2 aromatic rings. The Hall–Kier alpha value is -2.20. The van der Waals surface area contributed by atoms with Gasteiger partial charge < -0.3 is 19.3 Å². The smallest absolute Gasteiger partial charge is 0.395 e. The summed E-state index contributed by atoms with van der Waals surface area (Å²) in [7, 11) is 4.04. The van der Waals surface area contributed by atoms with Gasteiger partial charge in [-0.2, -0.15) is 0 Å². The number of nitrogens with zero attached hydrogens (tertiary/aromatic N) is 3. The van der Waals surface area contributed by atoms with Crippen LogP contribution in [-0.4, -0.2) is 60.8 Å². The molecule has 1 saturated heterocycles. The molecule has 0 bridgehead atoms. The minimum Gasteiger partial charge on any atom is -0.395 e. The van der Waals surface area contributed by atoms with Crippen LogP contribution in [0.5, 0.6) is 11.5 Å². The minimum atomic E-state index is -3.65. The highest BCUT2D eigenvalue weighted by Crippen LogP contribution is 2.44.